The van der Waals surface area contributed by atoms with Crippen molar-refractivity contribution in [2.75, 3.05) is 7.11 Å². The molecule has 1 aromatic heterocycles. The van der Waals surface area contributed by atoms with Crippen LogP contribution in [0.25, 0.3) is 11.3 Å². The van der Waals surface area contributed by atoms with Crippen molar-refractivity contribution in [1.82, 2.24) is 10.2 Å². The Morgan fingerprint density at radius 2 is 2.25 bits per heavy atom. The molecular weight excluding hydrogens is 226 g/mol. The van der Waals surface area contributed by atoms with Crippen LogP contribution in [0.4, 0.5) is 0 Å². The van der Waals surface area contributed by atoms with E-state index in [1.807, 2.05) is 18.2 Å². The van der Waals surface area contributed by atoms with E-state index in [1.165, 1.54) is 0 Å². The average Bonchev–Trinajstić information content (AvgIpc) is 2.77. The topological polar surface area (TPSA) is 63.9 Å². The predicted octanol–water partition coefficient (Wildman–Crippen LogP) is 2.20. The van der Waals surface area contributed by atoms with Gasteiger partial charge in [-0.3, -0.25) is 5.10 Å². The van der Waals surface area contributed by atoms with Gasteiger partial charge in [0, 0.05) is 22.8 Å². The van der Waals surface area contributed by atoms with E-state index >= 15 is 0 Å². The highest BCUT2D eigenvalue weighted by Gasteiger charge is 2.09. The van der Waals surface area contributed by atoms with Crippen LogP contribution in [0.2, 0.25) is 5.02 Å². The van der Waals surface area contributed by atoms with Crippen molar-refractivity contribution >= 4 is 11.6 Å². The molecule has 0 aliphatic carbocycles. The second-order valence-corrected chi connectivity index (χ2v) is 3.76. The molecule has 0 saturated carbocycles. The molecular formula is C11H12ClN3O. The van der Waals surface area contributed by atoms with Crippen LogP contribution in [0, 0.1) is 0 Å². The van der Waals surface area contributed by atoms with Gasteiger partial charge in [-0.2, -0.15) is 5.10 Å². The molecule has 84 valence electrons. The van der Waals surface area contributed by atoms with E-state index in [0.29, 0.717) is 11.6 Å². The Morgan fingerprint density at radius 1 is 1.44 bits per heavy atom. The number of benzene rings is 1. The van der Waals surface area contributed by atoms with E-state index in [-0.39, 0.29) is 0 Å². The van der Waals surface area contributed by atoms with Crippen molar-refractivity contribution in [2.24, 2.45) is 5.73 Å². The third-order valence-corrected chi connectivity index (χ3v) is 2.52. The van der Waals surface area contributed by atoms with Crippen molar-refractivity contribution in [3.63, 3.8) is 0 Å². The molecule has 16 heavy (non-hydrogen) atoms. The SMILES string of the molecule is COc1ccc(Cl)cc1-c1cc(CN)[nH]n1. The zero-order valence-electron chi connectivity index (χ0n) is 8.83. The minimum atomic E-state index is 0.426. The number of nitrogens with one attached hydrogen (secondary N) is 1. The quantitative estimate of drug-likeness (QED) is 0.860. The number of hydrogen-bond acceptors (Lipinski definition) is 3. The fourth-order valence-corrected chi connectivity index (χ4v) is 1.66. The van der Waals surface area contributed by atoms with Crippen molar-refractivity contribution in [2.45, 2.75) is 6.54 Å². The van der Waals surface area contributed by atoms with Crippen LogP contribution < -0.4 is 10.5 Å². The van der Waals surface area contributed by atoms with Gasteiger partial charge in [-0.05, 0) is 24.3 Å². The Bertz CT molecular complexity index is 496. The highest BCUT2D eigenvalue weighted by molar-refractivity contribution is 6.30. The molecule has 0 fully saturated rings. The highest BCUT2D eigenvalue weighted by Crippen LogP contribution is 2.31. The second kappa shape index (κ2) is 4.55. The molecule has 0 aliphatic rings. The molecule has 1 aromatic carbocycles. The summed E-state index contributed by atoms with van der Waals surface area (Å²) in [6.45, 7) is 0.426. The number of methoxy groups -OCH3 is 1. The summed E-state index contributed by atoms with van der Waals surface area (Å²) in [7, 11) is 1.61. The maximum absolute atomic E-state index is 5.95. The normalized spacial score (nSPS) is 10.4. The number of H-pyrrole nitrogens is 1. The summed E-state index contributed by atoms with van der Waals surface area (Å²) >= 11 is 5.95. The first-order valence-corrected chi connectivity index (χ1v) is 5.20. The minimum absolute atomic E-state index is 0.426. The molecule has 0 spiro atoms. The maximum atomic E-state index is 5.95. The molecule has 0 aliphatic heterocycles. The molecule has 0 radical (unpaired) electrons. The first kappa shape index (κ1) is 11.0. The summed E-state index contributed by atoms with van der Waals surface area (Å²) in [6.07, 6.45) is 0. The minimum Gasteiger partial charge on any atom is -0.496 e. The summed E-state index contributed by atoms with van der Waals surface area (Å²) in [4.78, 5) is 0. The lowest BCUT2D eigenvalue weighted by molar-refractivity contribution is 0.416. The molecule has 0 bridgehead atoms. The smallest absolute Gasteiger partial charge is 0.128 e. The lowest BCUT2D eigenvalue weighted by Gasteiger charge is -2.05. The van der Waals surface area contributed by atoms with Crippen LogP contribution in [0.1, 0.15) is 5.69 Å². The zero-order chi connectivity index (χ0) is 11.5. The van der Waals surface area contributed by atoms with Crippen LogP contribution >= 0.6 is 11.6 Å². The predicted molar refractivity (Wildman–Crippen MR) is 63.5 cm³/mol. The average molecular weight is 238 g/mol. The lowest BCUT2D eigenvalue weighted by Crippen LogP contribution is -1.95. The first-order chi connectivity index (χ1) is 7.74. The Labute approximate surface area is 98.4 Å². The third kappa shape index (κ3) is 2.03. The third-order valence-electron chi connectivity index (χ3n) is 2.29. The molecule has 3 N–H and O–H groups in total. The first-order valence-electron chi connectivity index (χ1n) is 4.83. The Kier molecular flexibility index (Phi) is 3.12. The standard InChI is InChI=1S/C11H12ClN3O/c1-16-11-3-2-7(12)4-9(11)10-5-8(6-13)14-15-10/h2-5H,6,13H2,1H3,(H,14,15). The number of nitrogens with two attached hydrogens (primary N) is 1. The van der Waals surface area contributed by atoms with Crippen LogP contribution in [0.15, 0.2) is 24.3 Å². The van der Waals surface area contributed by atoms with E-state index in [0.717, 1.165) is 22.7 Å². The number of ether oxygens (including phenoxy) is 1. The maximum Gasteiger partial charge on any atom is 0.128 e. The molecule has 5 heteroatoms. The van der Waals surface area contributed by atoms with Crippen molar-refractivity contribution in [1.29, 1.82) is 0 Å². The summed E-state index contributed by atoms with van der Waals surface area (Å²) in [6, 6.07) is 7.29. The van der Waals surface area contributed by atoms with Gasteiger partial charge in [0.15, 0.2) is 0 Å². The number of aromatic nitrogens is 2. The number of nitrogens with zero attached hydrogens (tertiary/aromatic N) is 1. The molecule has 2 rings (SSSR count). The van der Waals surface area contributed by atoms with Crippen LogP contribution in [0.3, 0.4) is 0 Å². The van der Waals surface area contributed by atoms with Crippen LogP contribution in [-0.4, -0.2) is 17.3 Å². The molecule has 0 saturated heterocycles. The Hall–Kier alpha value is -1.52. The molecule has 0 amide bonds. The van der Waals surface area contributed by atoms with Gasteiger partial charge in [0.2, 0.25) is 0 Å². The van der Waals surface area contributed by atoms with Crippen LogP contribution in [0.5, 0.6) is 5.75 Å². The Balaban J connectivity index is 2.49. The summed E-state index contributed by atoms with van der Waals surface area (Å²) in [5.41, 5.74) is 8.02. The van der Waals surface area contributed by atoms with Crippen molar-refractivity contribution < 1.29 is 4.74 Å². The van der Waals surface area contributed by atoms with Gasteiger partial charge in [0.05, 0.1) is 12.8 Å². The Morgan fingerprint density at radius 3 is 2.88 bits per heavy atom. The molecule has 2 aromatic rings. The van der Waals surface area contributed by atoms with Crippen LogP contribution in [-0.2, 0) is 6.54 Å². The number of hydrogen-bond donors (Lipinski definition) is 2. The highest BCUT2D eigenvalue weighted by atomic mass is 35.5. The molecule has 4 nitrogen and oxygen atoms in total. The molecule has 0 unspecified atom stereocenters. The number of halogens is 1. The van der Waals surface area contributed by atoms with Gasteiger partial charge in [0.25, 0.3) is 0 Å². The fourth-order valence-electron chi connectivity index (χ4n) is 1.48. The van der Waals surface area contributed by atoms with E-state index in [1.54, 1.807) is 13.2 Å². The number of aromatic amines is 1. The van der Waals surface area contributed by atoms with Gasteiger partial charge in [-0.15, -0.1) is 0 Å². The van der Waals surface area contributed by atoms with Gasteiger partial charge >= 0.3 is 0 Å². The van der Waals surface area contributed by atoms with E-state index in [4.69, 9.17) is 22.1 Å². The van der Waals surface area contributed by atoms with E-state index in [9.17, 15) is 0 Å². The molecule has 0 atom stereocenters. The molecule has 1 heterocycles. The van der Waals surface area contributed by atoms with Crippen molar-refractivity contribution in [3.05, 3.63) is 35.0 Å². The fraction of sp³-hybridized carbons (Fsp3) is 0.182. The van der Waals surface area contributed by atoms with Gasteiger partial charge < -0.3 is 10.5 Å². The van der Waals surface area contributed by atoms with Gasteiger partial charge in [-0.1, -0.05) is 11.6 Å². The van der Waals surface area contributed by atoms with Gasteiger partial charge in [0.1, 0.15) is 5.75 Å². The van der Waals surface area contributed by atoms with Crippen molar-refractivity contribution in [3.8, 4) is 17.0 Å². The lowest BCUT2D eigenvalue weighted by atomic mass is 10.1. The zero-order valence-corrected chi connectivity index (χ0v) is 9.58. The van der Waals surface area contributed by atoms with Gasteiger partial charge in [-0.25, -0.2) is 0 Å². The summed E-state index contributed by atoms with van der Waals surface area (Å²) in [5, 5.41) is 7.66. The second-order valence-electron chi connectivity index (χ2n) is 3.33. The van der Waals surface area contributed by atoms with E-state index in [2.05, 4.69) is 10.2 Å². The summed E-state index contributed by atoms with van der Waals surface area (Å²) in [5.74, 6) is 0.736. The monoisotopic (exact) mass is 237 g/mol. The number of rotatable bonds is 3. The van der Waals surface area contributed by atoms with E-state index < -0.39 is 0 Å². The summed E-state index contributed by atoms with van der Waals surface area (Å²) < 4.78 is 5.25. The largest absolute Gasteiger partial charge is 0.496 e.